The van der Waals surface area contributed by atoms with Crippen LogP contribution >= 0.6 is 0 Å². The summed E-state index contributed by atoms with van der Waals surface area (Å²) in [6.07, 6.45) is 4.15. The summed E-state index contributed by atoms with van der Waals surface area (Å²) < 4.78 is 0. The summed E-state index contributed by atoms with van der Waals surface area (Å²) in [5, 5.41) is 19.4. The molecule has 0 aromatic rings. The van der Waals surface area contributed by atoms with Crippen molar-refractivity contribution in [2.45, 2.75) is 11.8 Å². The van der Waals surface area contributed by atoms with Crippen molar-refractivity contribution in [3.05, 3.63) is 34.4 Å². The molecule has 0 aliphatic heterocycles. The third-order valence-corrected chi connectivity index (χ3v) is 1.56. The highest BCUT2D eigenvalue weighted by Crippen LogP contribution is 2.15. The fourth-order valence-electron chi connectivity index (χ4n) is 0.801. The number of nitro groups is 1. The number of allylic oxidation sites excluding steroid dienone is 2. The van der Waals surface area contributed by atoms with Crippen molar-refractivity contribution in [3.63, 3.8) is 0 Å². The van der Waals surface area contributed by atoms with E-state index in [1.54, 1.807) is 0 Å². The molecule has 60 valence electrons. The van der Waals surface area contributed by atoms with Gasteiger partial charge in [-0.3, -0.25) is 15.8 Å². The molecular weight excluding hydrogens is 148 g/mol. The first-order chi connectivity index (χ1) is 5.07. The van der Waals surface area contributed by atoms with Gasteiger partial charge in [-0.25, -0.2) is 0 Å². The van der Waals surface area contributed by atoms with E-state index in [9.17, 15) is 10.1 Å². The molecule has 0 aromatic carbocycles. The molecule has 0 aromatic heterocycles. The third kappa shape index (κ3) is 1.15. The second-order valence-corrected chi connectivity index (χ2v) is 2.33. The van der Waals surface area contributed by atoms with E-state index < -0.39 is 16.7 Å². The number of hydrogen-bond acceptors (Lipinski definition) is 4. The van der Waals surface area contributed by atoms with Crippen molar-refractivity contribution < 1.29 is 10.0 Å². The number of rotatable bonds is 1. The van der Waals surface area contributed by atoms with Gasteiger partial charge in [-0.05, 0) is 6.08 Å². The second kappa shape index (κ2) is 2.44. The monoisotopic (exact) mass is 156 g/mol. The van der Waals surface area contributed by atoms with Gasteiger partial charge in [0.25, 0.3) is 0 Å². The molecule has 0 saturated heterocycles. The highest BCUT2D eigenvalue weighted by atomic mass is 16.6. The molecule has 0 fully saturated rings. The zero-order valence-corrected chi connectivity index (χ0v) is 5.68. The van der Waals surface area contributed by atoms with Crippen molar-refractivity contribution in [3.8, 4) is 0 Å². The molecule has 0 spiro atoms. The average Bonchev–Trinajstić information content (AvgIpc) is 1.95. The average molecular weight is 156 g/mol. The van der Waals surface area contributed by atoms with Crippen molar-refractivity contribution in [1.82, 2.24) is 0 Å². The molecule has 2 unspecified atom stereocenters. The van der Waals surface area contributed by atoms with Crippen LogP contribution in [-0.4, -0.2) is 21.8 Å². The SMILES string of the molecule is NC1([N+](=O)[O-])C=CC=CC1O. The van der Waals surface area contributed by atoms with E-state index in [2.05, 4.69) is 0 Å². The molecular formula is C6H8N2O3. The quantitative estimate of drug-likeness (QED) is 0.301. The summed E-state index contributed by atoms with van der Waals surface area (Å²) in [5.74, 6) is 0. The van der Waals surface area contributed by atoms with Crippen molar-refractivity contribution in [1.29, 1.82) is 0 Å². The minimum absolute atomic E-state index is 0.711. The van der Waals surface area contributed by atoms with Gasteiger partial charge in [0.1, 0.15) is 0 Å². The molecule has 0 amide bonds. The maximum absolute atomic E-state index is 10.3. The van der Waals surface area contributed by atoms with Gasteiger partial charge in [-0.2, -0.15) is 0 Å². The largest absolute Gasteiger partial charge is 0.380 e. The third-order valence-electron chi connectivity index (χ3n) is 1.56. The van der Waals surface area contributed by atoms with Crippen LogP contribution in [-0.2, 0) is 0 Å². The summed E-state index contributed by atoms with van der Waals surface area (Å²) in [6, 6.07) is 0. The van der Waals surface area contributed by atoms with E-state index in [1.807, 2.05) is 0 Å². The number of aliphatic hydroxyl groups excluding tert-OH is 1. The van der Waals surface area contributed by atoms with Crippen LogP contribution in [0.1, 0.15) is 0 Å². The van der Waals surface area contributed by atoms with Gasteiger partial charge < -0.3 is 5.11 Å². The van der Waals surface area contributed by atoms with E-state index in [1.165, 1.54) is 18.2 Å². The molecule has 2 atom stereocenters. The molecule has 3 N–H and O–H groups in total. The van der Waals surface area contributed by atoms with Crippen LogP contribution in [0.3, 0.4) is 0 Å². The van der Waals surface area contributed by atoms with Gasteiger partial charge in [-0.1, -0.05) is 12.2 Å². The van der Waals surface area contributed by atoms with Gasteiger partial charge in [0.05, 0.1) is 0 Å². The fraction of sp³-hybridized carbons (Fsp3) is 0.333. The van der Waals surface area contributed by atoms with Gasteiger partial charge in [0.2, 0.25) is 0 Å². The van der Waals surface area contributed by atoms with Crippen LogP contribution in [0.4, 0.5) is 0 Å². The lowest BCUT2D eigenvalue weighted by Gasteiger charge is -2.21. The molecule has 1 aliphatic carbocycles. The Bertz CT molecular complexity index is 236. The van der Waals surface area contributed by atoms with E-state index in [4.69, 9.17) is 10.8 Å². The Morgan fingerprint density at radius 2 is 2.27 bits per heavy atom. The number of nitrogens with zero attached hydrogens (tertiary/aromatic N) is 1. The summed E-state index contributed by atoms with van der Waals surface area (Å²) in [4.78, 5) is 9.61. The number of nitrogens with two attached hydrogens (primary N) is 1. The Balaban J connectivity index is 2.94. The Morgan fingerprint density at radius 3 is 2.64 bits per heavy atom. The topological polar surface area (TPSA) is 89.4 Å². The molecule has 1 aliphatic rings. The Kier molecular flexibility index (Phi) is 1.76. The molecule has 0 radical (unpaired) electrons. The van der Waals surface area contributed by atoms with Gasteiger partial charge in [0.15, 0.2) is 6.10 Å². The van der Waals surface area contributed by atoms with E-state index in [-0.39, 0.29) is 0 Å². The lowest BCUT2D eigenvalue weighted by Crippen LogP contribution is -2.55. The van der Waals surface area contributed by atoms with Crippen LogP contribution < -0.4 is 5.73 Å². The van der Waals surface area contributed by atoms with Crippen LogP contribution in [0, 0.1) is 10.1 Å². The zero-order valence-electron chi connectivity index (χ0n) is 5.68. The number of aliphatic hydroxyl groups is 1. The minimum Gasteiger partial charge on any atom is -0.380 e. The molecule has 1 rings (SSSR count). The lowest BCUT2D eigenvalue weighted by atomic mass is 10.00. The molecule has 11 heavy (non-hydrogen) atoms. The lowest BCUT2D eigenvalue weighted by molar-refractivity contribution is -0.564. The first-order valence-electron chi connectivity index (χ1n) is 3.05. The molecule has 5 heteroatoms. The van der Waals surface area contributed by atoms with Gasteiger partial charge in [-0.15, -0.1) is 0 Å². The fourth-order valence-corrected chi connectivity index (χ4v) is 0.801. The Labute approximate surface area is 63.0 Å². The van der Waals surface area contributed by atoms with Crippen LogP contribution in [0.25, 0.3) is 0 Å². The summed E-state index contributed by atoms with van der Waals surface area (Å²) in [5.41, 5.74) is 3.41. The van der Waals surface area contributed by atoms with Crippen LogP contribution in [0.15, 0.2) is 24.3 Å². The predicted octanol–water partition coefficient (Wildman–Crippen LogP) is -0.595. The highest BCUT2D eigenvalue weighted by molar-refractivity contribution is 5.20. The van der Waals surface area contributed by atoms with Crippen LogP contribution in [0.5, 0.6) is 0 Å². The first kappa shape index (κ1) is 7.90. The summed E-state index contributed by atoms with van der Waals surface area (Å²) in [6.45, 7) is 0. The molecule has 0 heterocycles. The summed E-state index contributed by atoms with van der Waals surface area (Å²) in [7, 11) is 0. The van der Waals surface area contributed by atoms with Crippen molar-refractivity contribution in [2.24, 2.45) is 5.73 Å². The first-order valence-corrected chi connectivity index (χ1v) is 3.05. The van der Waals surface area contributed by atoms with Crippen molar-refractivity contribution in [2.75, 3.05) is 0 Å². The number of hydrogen-bond donors (Lipinski definition) is 2. The van der Waals surface area contributed by atoms with Crippen molar-refractivity contribution >= 4 is 0 Å². The standard InChI is InChI=1S/C6H8N2O3/c7-6(8(10)11)4-2-1-3-5(6)9/h1-5,9H,7H2. The van der Waals surface area contributed by atoms with E-state index in [0.29, 0.717) is 0 Å². The predicted molar refractivity (Wildman–Crippen MR) is 38.2 cm³/mol. The van der Waals surface area contributed by atoms with E-state index >= 15 is 0 Å². The minimum atomic E-state index is -1.85. The second-order valence-electron chi connectivity index (χ2n) is 2.33. The Hall–Kier alpha value is -1.20. The smallest absolute Gasteiger partial charge is 0.320 e. The Morgan fingerprint density at radius 1 is 1.64 bits per heavy atom. The maximum atomic E-state index is 10.3. The summed E-state index contributed by atoms with van der Waals surface area (Å²) >= 11 is 0. The van der Waals surface area contributed by atoms with E-state index in [0.717, 1.165) is 6.08 Å². The van der Waals surface area contributed by atoms with Gasteiger partial charge in [0, 0.05) is 11.0 Å². The van der Waals surface area contributed by atoms with Crippen LogP contribution in [0.2, 0.25) is 0 Å². The normalized spacial score (nSPS) is 35.6. The maximum Gasteiger partial charge on any atom is 0.320 e. The molecule has 0 saturated carbocycles. The van der Waals surface area contributed by atoms with Gasteiger partial charge >= 0.3 is 5.66 Å². The molecule has 0 bridgehead atoms. The zero-order chi connectivity index (χ0) is 8.48. The highest BCUT2D eigenvalue weighted by Gasteiger charge is 2.43. The molecule has 5 nitrogen and oxygen atoms in total.